The van der Waals surface area contributed by atoms with E-state index in [1.165, 1.54) is 17.3 Å². The first-order valence-corrected chi connectivity index (χ1v) is 10.8. The summed E-state index contributed by atoms with van der Waals surface area (Å²) >= 11 is 7.58. The van der Waals surface area contributed by atoms with Crippen molar-refractivity contribution in [1.82, 2.24) is 24.7 Å². The van der Waals surface area contributed by atoms with E-state index in [9.17, 15) is 4.79 Å². The number of aromatic nitrogens is 5. The van der Waals surface area contributed by atoms with E-state index < -0.39 is 0 Å². The largest absolute Gasteiger partial charge is 0.309 e. The maximum atomic E-state index is 12.4. The number of rotatable bonds is 6. The highest BCUT2D eigenvalue weighted by atomic mass is 35.5. The van der Waals surface area contributed by atoms with Gasteiger partial charge in [-0.15, -0.1) is 10.2 Å². The molecule has 1 fully saturated rings. The summed E-state index contributed by atoms with van der Waals surface area (Å²) in [7, 11) is 0. The van der Waals surface area contributed by atoms with Crippen molar-refractivity contribution in [2.24, 2.45) is 0 Å². The molecule has 1 saturated carbocycles. The van der Waals surface area contributed by atoms with Crippen molar-refractivity contribution in [3.63, 3.8) is 0 Å². The number of halogens is 1. The van der Waals surface area contributed by atoms with Gasteiger partial charge in [-0.3, -0.25) is 4.79 Å². The van der Waals surface area contributed by atoms with Crippen LogP contribution in [0.1, 0.15) is 36.0 Å². The number of nitrogens with one attached hydrogen (secondary N) is 1. The van der Waals surface area contributed by atoms with Gasteiger partial charge in [0.25, 0.3) is 5.56 Å². The maximum Gasteiger partial charge on any atom is 0.258 e. The Morgan fingerprint density at radius 2 is 1.97 bits per heavy atom. The summed E-state index contributed by atoms with van der Waals surface area (Å²) in [5, 5.41) is 10.8. The Bertz CT molecular complexity index is 1230. The topological polar surface area (TPSA) is 76.5 Å². The van der Waals surface area contributed by atoms with Crippen molar-refractivity contribution >= 4 is 34.3 Å². The molecule has 0 saturated heterocycles. The second-order valence-electron chi connectivity index (χ2n) is 7.15. The van der Waals surface area contributed by atoms with E-state index in [0.717, 1.165) is 30.4 Å². The summed E-state index contributed by atoms with van der Waals surface area (Å²) in [5.41, 5.74) is 1.65. The molecule has 0 unspecified atom stereocenters. The van der Waals surface area contributed by atoms with E-state index in [4.69, 9.17) is 11.6 Å². The van der Waals surface area contributed by atoms with Gasteiger partial charge in [0.15, 0.2) is 5.16 Å². The van der Waals surface area contributed by atoms with Gasteiger partial charge in [-0.05, 0) is 36.6 Å². The van der Waals surface area contributed by atoms with Crippen molar-refractivity contribution in [2.75, 3.05) is 0 Å². The van der Waals surface area contributed by atoms with Crippen LogP contribution in [0.15, 0.2) is 58.5 Å². The predicted molar refractivity (Wildman–Crippen MR) is 114 cm³/mol. The van der Waals surface area contributed by atoms with E-state index in [1.807, 2.05) is 18.2 Å². The lowest BCUT2D eigenvalue weighted by atomic mass is 10.2. The number of H-pyrrole nitrogens is 1. The van der Waals surface area contributed by atoms with Crippen LogP contribution < -0.4 is 5.56 Å². The Labute approximate surface area is 176 Å². The molecule has 0 spiro atoms. The third-order valence-corrected chi connectivity index (χ3v) is 6.14. The third-order valence-electron chi connectivity index (χ3n) is 4.93. The SMILES string of the molecule is O=c1[nH]c(CSc2nnc(C3CC3)n2Cc2ccccc2)nc2cc(Cl)ccc12. The first-order chi connectivity index (χ1) is 14.2. The molecule has 2 aromatic heterocycles. The highest BCUT2D eigenvalue weighted by Gasteiger charge is 2.30. The normalized spacial score (nSPS) is 13.8. The Morgan fingerprint density at radius 1 is 1.14 bits per heavy atom. The molecule has 6 nitrogen and oxygen atoms in total. The molecule has 8 heteroatoms. The smallest absolute Gasteiger partial charge is 0.258 e. The van der Waals surface area contributed by atoms with Crippen LogP contribution in [0, 0.1) is 0 Å². The van der Waals surface area contributed by atoms with Crippen molar-refractivity contribution < 1.29 is 0 Å². The third kappa shape index (κ3) is 3.93. The molecule has 0 radical (unpaired) electrons. The minimum Gasteiger partial charge on any atom is -0.309 e. The van der Waals surface area contributed by atoms with Crippen LogP contribution in [-0.4, -0.2) is 24.7 Å². The number of hydrogen-bond acceptors (Lipinski definition) is 5. The summed E-state index contributed by atoms with van der Waals surface area (Å²) in [6.07, 6.45) is 2.33. The zero-order chi connectivity index (χ0) is 19.8. The van der Waals surface area contributed by atoms with Gasteiger partial charge < -0.3 is 9.55 Å². The molecule has 146 valence electrons. The molecule has 4 aromatic rings. The number of benzene rings is 2. The first-order valence-electron chi connectivity index (χ1n) is 9.45. The number of fused-ring (bicyclic) bond motifs is 1. The van der Waals surface area contributed by atoms with Crippen LogP contribution >= 0.6 is 23.4 Å². The molecular formula is C21H18ClN5OS. The molecule has 1 aliphatic carbocycles. The van der Waals surface area contributed by atoms with Crippen molar-refractivity contribution in [3.05, 3.63) is 81.1 Å². The van der Waals surface area contributed by atoms with E-state index >= 15 is 0 Å². The minimum absolute atomic E-state index is 0.160. The molecule has 0 atom stereocenters. The molecule has 1 aliphatic rings. The van der Waals surface area contributed by atoms with Crippen LogP contribution in [0.25, 0.3) is 10.9 Å². The van der Waals surface area contributed by atoms with Crippen LogP contribution in [0.2, 0.25) is 5.02 Å². The molecule has 5 rings (SSSR count). The molecule has 2 heterocycles. The van der Waals surface area contributed by atoms with E-state index in [-0.39, 0.29) is 5.56 Å². The Kier molecular flexibility index (Phi) is 4.85. The Morgan fingerprint density at radius 3 is 2.76 bits per heavy atom. The van der Waals surface area contributed by atoms with Gasteiger partial charge in [-0.1, -0.05) is 53.7 Å². The zero-order valence-electron chi connectivity index (χ0n) is 15.5. The van der Waals surface area contributed by atoms with E-state index in [0.29, 0.717) is 33.4 Å². The highest BCUT2D eigenvalue weighted by Crippen LogP contribution is 2.40. The average molecular weight is 424 g/mol. The Hall–Kier alpha value is -2.64. The summed E-state index contributed by atoms with van der Waals surface area (Å²) < 4.78 is 2.19. The number of thioether (sulfide) groups is 1. The highest BCUT2D eigenvalue weighted by molar-refractivity contribution is 7.98. The van der Waals surface area contributed by atoms with Crippen LogP contribution in [0.5, 0.6) is 0 Å². The second-order valence-corrected chi connectivity index (χ2v) is 8.53. The maximum absolute atomic E-state index is 12.4. The molecule has 2 aromatic carbocycles. The first kappa shape index (κ1) is 18.4. The molecule has 29 heavy (non-hydrogen) atoms. The molecule has 0 aliphatic heterocycles. The zero-order valence-corrected chi connectivity index (χ0v) is 17.1. The van der Waals surface area contributed by atoms with Gasteiger partial charge in [0.05, 0.1) is 23.2 Å². The lowest BCUT2D eigenvalue weighted by Gasteiger charge is -2.10. The second kappa shape index (κ2) is 7.65. The van der Waals surface area contributed by atoms with Crippen molar-refractivity contribution in [3.8, 4) is 0 Å². The van der Waals surface area contributed by atoms with Crippen LogP contribution in [0.4, 0.5) is 0 Å². The lowest BCUT2D eigenvalue weighted by molar-refractivity contribution is 0.667. The fraction of sp³-hybridized carbons (Fsp3) is 0.238. The minimum atomic E-state index is -0.160. The van der Waals surface area contributed by atoms with Gasteiger partial charge in [-0.25, -0.2) is 4.98 Å². The molecule has 1 N–H and O–H groups in total. The van der Waals surface area contributed by atoms with Crippen molar-refractivity contribution in [1.29, 1.82) is 0 Å². The summed E-state index contributed by atoms with van der Waals surface area (Å²) in [6, 6.07) is 15.4. The molecule has 0 bridgehead atoms. The fourth-order valence-electron chi connectivity index (χ4n) is 3.33. The van der Waals surface area contributed by atoms with E-state index in [2.05, 4.69) is 36.9 Å². The van der Waals surface area contributed by atoms with Crippen LogP contribution in [0.3, 0.4) is 0 Å². The van der Waals surface area contributed by atoms with Gasteiger partial charge in [0.2, 0.25) is 0 Å². The monoisotopic (exact) mass is 423 g/mol. The van der Waals surface area contributed by atoms with E-state index in [1.54, 1.807) is 18.2 Å². The summed E-state index contributed by atoms with van der Waals surface area (Å²) in [4.78, 5) is 19.8. The van der Waals surface area contributed by atoms with Crippen molar-refractivity contribution in [2.45, 2.75) is 36.2 Å². The molecule has 0 amide bonds. The fourth-order valence-corrected chi connectivity index (χ4v) is 4.31. The Balaban J connectivity index is 1.42. The molecular weight excluding hydrogens is 406 g/mol. The predicted octanol–water partition coefficient (Wildman–Crippen LogP) is 4.39. The van der Waals surface area contributed by atoms with Gasteiger partial charge in [0.1, 0.15) is 11.6 Å². The van der Waals surface area contributed by atoms with Crippen LogP contribution in [-0.2, 0) is 12.3 Å². The summed E-state index contributed by atoms with van der Waals surface area (Å²) in [5.74, 6) is 2.64. The number of hydrogen-bond donors (Lipinski definition) is 1. The van der Waals surface area contributed by atoms with Gasteiger partial charge >= 0.3 is 0 Å². The quantitative estimate of drug-likeness (QED) is 0.465. The average Bonchev–Trinajstić information content (AvgIpc) is 3.49. The lowest BCUT2D eigenvalue weighted by Crippen LogP contribution is -2.11. The van der Waals surface area contributed by atoms with Gasteiger partial charge in [-0.2, -0.15) is 0 Å². The number of nitrogens with zero attached hydrogens (tertiary/aromatic N) is 4. The summed E-state index contributed by atoms with van der Waals surface area (Å²) in [6.45, 7) is 0.735. The number of aromatic amines is 1. The standard InChI is InChI=1S/C21H18ClN5OS/c22-15-8-9-16-17(10-15)23-18(24-20(16)28)12-29-21-26-25-19(14-6-7-14)27(21)11-13-4-2-1-3-5-13/h1-5,8-10,14H,6-7,11-12H2,(H,23,24,28). The van der Waals surface area contributed by atoms with Gasteiger partial charge in [0, 0.05) is 10.9 Å².